The molecule has 0 spiro atoms. The molecule has 158 valence electrons. The molecule has 0 atom stereocenters. The van der Waals surface area contributed by atoms with Gasteiger partial charge in [0.25, 0.3) is 0 Å². The van der Waals surface area contributed by atoms with Crippen LogP contribution in [0.4, 0.5) is 0 Å². The molecule has 0 radical (unpaired) electrons. The maximum Gasteiger partial charge on any atom is 0.351 e. The Bertz CT molecular complexity index is 1060. The third kappa shape index (κ3) is 5.33. The predicted molar refractivity (Wildman–Crippen MR) is 116 cm³/mol. The molecule has 0 aliphatic rings. The average molecular weight is 428 g/mol. The molecule has 0 fully saturated rings. The Balaban J connectivity index is 1.63. The number of rotatable bonds is 9. The topological polar surface area (TPSA) is 75.3 Å². The Morgan fingerprint density at radius 1 is 1.13 bits per heavy atom. The number of ether oxygens (including phenoxy) is 2. The molecule has 0 aliphatic heterocycles. The fourth-order valence-electron chi connectivity index (χ4n) is 2.84. The lowest BCUT2D eigenvalue weighted by Crippen LogP contribution is -2.23. The number of benzene rings is 2. The van der Waals surface area contributed by atoms with E-state index in [0.29, 0.717) is 18.2 Å². The molecule has 0 amide bonds. The van der Waals surface area contributed by atoms with Crippen LogP contribution in [0.2, 0.25) is 0 Å². The Morgan fingerprint density at radius 2 is 1.90 bits per heavy atom. The molecule has 0 aliphatic carbocycles. The first kappa shape index (κ1) is 21.7. The fourth-order valence-corrected chi connectivity index (χ4v) is 3.72. The van der Waals surface area contributed by atoms with E-state index >= 15 is 0 Å². The molecule has 1 heterocycles. The molecule has 2 aromatic carbocycles. The SMILES string of the molecule is CCOC(=O)COc1ccc(SCn2ncn(-c3ccc(CC)cc3)c2=O)cc1C. The monoisotopic (exact) mass is 427 g/mol. The van der Waals surface area contributed by atoms with Crippen LogP contribution in [0.25, 0.3) is 5.69 Å². The zero-order valence-electron chi connectivity index (χ0n) is 17.3. The molecular weight excluding hydrogens is 402 g/mol. The van der Waals surface area contributed by atoms with Crippen LogP contribution in [0.1, 0.15) is 25.0 Å². The van der Waals surface area contributed by atoms with Gasteiger partial charge in [-0.25, -0.2) is 18.8 Å². The average Bonchev–Trinajstić information content (AvgIpc) is 3.12. The van der Waals surface area contributed by atoms with E-state index < -0.39 is 5.97 Å². The molecule has 3 aromatic rings. The molecule has 0 saturated heterocycles. The molecule has 3 rings (SSSR count). The molecule has 30 heavy (non-hydrogen) atoms. The van der Waals surface area contributed by atoms with Gasteiger partial charge in [0, 0.05) is 4.90 Å². The van der Waals surface area contributed by atoms with Crippen molar-refractivity contribution in [1.29, 1.82) is 0 Å². The first-order valence-corrected chi connectivity index (χ1v) is 10.8. The molecular formula is C22H25N3O4S. The summed E-state index contributed by atoms with van der Waals surface area (Å²) in [4.78, 5) is 25.1. The molecule has 0 unspecified atom stereocenters. The Labute approximate surface area is 179 Å². The highest BCUT2D eigenvalue weighted by Gasteiger charge is 2.09. The smallest absolute Gasteiger partial charge is 0.351 e. The van der Waals surface area contributed by atoms with Gasteiger partial charge >= 0.3 is 11.7 Å². The van der Waals surface area contributed by atoms with Crippen molar-refractivity contribution in [3.8, 4) is 11.4 Å². The number of aryl methyl sites for hydroxylation is 2. The summed E-state index contributed by atoms with van der Waals surface area (Å²) in [5.41, 5.74) is 2.74. The Kier molecular flexibility index (Phi) is 7.35. The fraction of sp³-hybridized carbons (Fsp3) is 0.318. The number of hydrogen-bond donors (Lipinski definition) is 0. The quantitative estimate of drug-likeness (QED) is 0.384. The lowest BCUT2D eigenvalue weighted by Gasteiger charge is -2.10. The molecule has 8 heteroatoms. The highest BCUT2D eigenvalue weighted by molar-refractivity contribution is 7.98. The highest BCUT2D eigenvalue weighted by Crippen LogP contribution is 2.26. The zero-order chi connectivity index (χ0) is 21.5. The van der Waals surface area contributed by atoms with Crippen molar-refractivity contribution in [2.75, 3.05) is 13.2 Å². The Morgan fingerprint density at radius 3 is 2.57 bits per heavy atom. The van der Waals surface area contributed by atoms with Gasteiger partial charge in [-0.3, -0.25) is 0 Å². The van der Waals surface area contributed by atoms with E-state index in [4.69, 9.17) is 9.47 Å². The van der Waals surface area contributed by atoms with Crippen LogP contribution in [0, 0.1) is 6.92 Å². The second kappa shape index (κ2) is 10.2. The van der Waals surface area contributed by atoms with E-state index in [2.05, 4.69) is 12.0 Å². The Hall–Kier alpha value is -3.00. The summed E-state index contributed by atoms with van der Waals surface area (Å²) in [6.07, 6.45) is 2.50. The largest absolute Gasteiger partial charge is 0.482 e. The van der Waals surface area contributed by atoms with Crippen molar-refractivity contribution in [3.63, 3.8) is 0 Å². The standard InChI is InChI=1S/C22H25N3O4S/c1-4-17-6-8-18(9-7-17)24-14-23-25(22(24)27)15-30-19-10-11-20(16(3)12-19)29-13-21(26)28-5-2/h6-12,14H,4-5,13,15H2,1-3H3. The lowest BCUT2D eigenvalue weighted by molar-refractivity contribution is -0.145. The normalized spacial score (nSPS) is 10.8. The summed E-state index contributed by atoms with van der Waals surface area (Å²) in [5, 5.41) is 4.23. The van der Waals surface area contributed by atoms with Crippen molar-refractivity contribution >= 4 is 17.7 Å². The number of aromatic nitrogens is 3. The van der Waals surface area contributed by atoms with Gasteiger partial charge in [-0.05, 0) is 61.7 Å². The van der Waals surface area contributed by atoms with Crippen molar-refractivity contribution in [3.05, 3.63) is 70.4 Å². The van der Waals surface area contributed by atoms with Crippen molar-refractivity contribution in [1.82, 2.24) is 14.3 Å². The number of esters is 1. The van der Waals surface area contributed by atoms with Crippen LogP contribution in [-0.4, -0.2) is 33.5 Å². The van der Waals surface area contributed by atoms with Crippen LogP contribution >= 0.6 is 11.8 Å². The first-order valence-electron chi connectivity index (χ1n) is 9.77. The van der Waals surface area contributed by atoms with Crippen molar-refractivity contribution in [2.24, 2.45) is 0 Å². The van der Waals surface area contributed by atoms with E-state index in [1.807, 2.05) is 49.4 Å². The summed E-state index contributed by atoms with van der Waals surface area (Å²) in [6, 6.07) is 13.5. The minimum Gasteiger partial charge on any atom is -0.482 e. The van der Waals surface area contributed by atoms with E-state index in [-0.39, 0.29) is 12.3 Å². The zero-order valence-corrected chi connectivity index (χ0v) is 18.1. The maximum absolute atomic E-state index is 12.7. The third-order valence-electron chi connectivity index (χ3n) is 4.51. The molecule has 7 nitrogen and oxygen atoms in total. The predicted octanol–water partition coefficient (Wildman–Crippen LogP) is 3.60. The highest BCUT2D eigenvalue weighted by atomic mass is 32.2. The van der Waals surface area contributed by atoms with Crippen LogP contribution < -0.4 is 10.4 Å². The summed E-state index contributed by atoms with van der Waals surface area (Å²) in [6.45, 7) is 5.97. The number of carbonyl (C=O) groups excluding carboxylic acids is 1. The number of thioether (sulfide) groups is 1. The molecule has 0 bridgehead atoms. The summed E-state index contributed by atoms with van der Waals surface area (Å²) in [7, 11) is 0. The number of nitrogens with zero attached hydrogens (tertiary/aromatic N) is 3. The van der Waals surface area contributed by atoms with Crippen LogP contribution in [0.5, 0.6) is 5.75 Å². The van der Waals surface area contributed by atoms with Crippen LogP contribution in [-0.2, 0) is 21.8 Å². The summed E-state index contributed by atoms with van der Waals surface area (Å²) < 4.78 is 13.3. The minimum absolute atomic E-state index is 0.118. The first-order chi connectivity index (χ1) is 14.5. The van der Waals surface area contributed by atoms with Gasteiger partial charge in [-0.2, -0.15) is 5.10 Å². The number of carbonyl (C=O) groups is 1. The third-order valence-corrected chi connectivity index (χ3v) is 5.47. The van der Waals surface area contributed by atoms with Gasteiger partial charge in [0.2, 0.25) is 0 Å². The van der Waals surface area contributed by atoms with Gasteiger partial charge in [0.1, 0.15) is 12.1 Å². The van der Waals surface area contributed by atoms with Gasteiger partial charge < -0.3 is 9.47 Å². The van der Waals surface area contributed by atoms with E-state index in [1.165, 1.54) is 26.6 Å². The second-order valence-corrected chi connectivity index (χ2v) is 7.62. The van der Waals surface area contributed by atoms with Gasteiger partial charge in [0.05, 0.1) is 18.2 Å². The molecule has 0 N–H and O–H groups in total. The summed E-state index contributed by atoms with van der Waals surface area (Å²) in [5.74, 6) is 0.625. The van der Waals surface area contributed by atoms with Gasteiger partial charge in [-0.15, -0.1) is 11.8 Å². The second-order valence-electron chi connectivity index (χ2n) is 6.60. The van der Waals surface area contributed by atoms with Gasteiger partial charge in [-0.1, -0.05) is 19.1 Å². The van der Waals surface area contributed by atoms with Gasteiger partial charge in [0.15, 0.2) is 6.61 Å². The van der Waals surface area contributed by atoms with E-state index in [9.17, 15) is 9.59 Å². The summed E-state index contributed by atoms with van der Waals surface area (Å²) >= 11 is 1.50. The van der Waals surface area contributed by atoms with Crippen molar-refractivity contribution < 1.29 is 14.3 Å². The molecule has 1 aromatic heterocycles. The van der Waals surface area contributed by atoms with Crippen LogP contribution in [0.3, 0.4) is 0 Å². The van der Waals surface area contributed by atoms with E-state index in [1.54, 1.807) is 13.3 Å². The lowest BCUT2D eigenvalue weighted by atomic mass is 10.1. The maximum atomic E-state index is 12.7. The van der Waals surface area contributed by atoms with Crippen molar-refractivity contribution in [2.45, 2.75) is 38.0 Å². The van der Waals surface area contributed by atoms with Crippen LogP contribution in [0.15, 0.2) is 58.5 Å². The number of hydrogen-bond acceptors (Lipinski definition) is 6. The van der Waals surface area contributed by atoms with E-state index in [0.717, 1.165) is 22.6 Å². The molecule has 0 saturated carbocycles. The minimum atomic E-state index is -0.394.